The van der Waals surface area contributed by atoms with Gasteiger partial charge in [0.15, 0.2) is 0 Å². The molecule has 3 heteroatoms. The van der Waals surface area contributed by atoms with Crippen molar-refractivity contribution in [3.05, 3.63) is 34.9 Å². The summed E-state index contributed by atoms with van der Waals surface area (Å²) >= 11 is 0. The van der Waals surface area contributed by atoms with Crippen LogP contribution in [0.3, 0.4) is 0 Å². The summed E-state index contributed by atoms with van der Waals surface area (Å²) in [5.74, 6) is 6.39. The molecule has 0 radical (unpaired) electrons. The van der Waals surface area contributed by atoms with Crippen molar-refractivity contribution in [2.45, 2.75) is 38.8 Å². The van der Waals surface area contributed by atoms with E-state index in [4.69, 9.17) is 10.6 Å². The third-order valence-electron chi connectivity index (χ3n) is 3.64. The lowest BCUT2D eigenvalue weighted by Gasteiger charge is -2.27. The second-order valence-electron chi connectivity index (χ2n) is 5.04. The number of hydrazine groups is 1. The van der Waals surface area contributed by atoms with Crippen molar-refractivity contribution in [2.75, 3.05) is 7.11 Å². The van der Waals surface area contributed by atoms with Crippen molar-refractivity contribution >= 4 is 0 Å². The third kappa shape index (κ3) is 2.68. The van der Waals surface area contributed by atoms with Gasteiger partial charge in [0.1, 0.15) is 0 Å². The number of hydrogen-bond acceptors (Lipinski definition) is 3. The largest absolute Gasteiger partial charge is 0.379 e. The molecule has 0 aromatic heterocycles. The summed E-state index contributed by atoms with van der Waals surface area (Å²) in [6.07, 6.45) is 2.68. The fourth-order valence-corrected chi connectivity index (χ4v) is 2.48. The third-order valence-corrected chi connectivity index (χ3v) is 3.64. The monoisotopic (exact) mass is 234 g/mol. The summed E-state index contributed by atoms with van der Waals surface area (Å²) < 4.78 is 5.63. The average molecular weight is 234 g/mol. The number of nitrogens with two attached hydrogens (primary N) is 1. The number of ether oxygens (including phenoxy) is 1. The Bertz CT molecular complexity index is 388. The number of aryl methyl sites for hydroxylation is 2. The van der Waals surface area contributed by atoms with Crippen LogP contribution in [0.4, 0.5) is 0 Å². The minimum atomic E-state index is 0.0902. The fourth-order valence-electron chi connectivity index (χ4n) is 2.48. The predicted molar refractivity (Wildman–Crippen MR) is 69.5 cm³/mol. The Morgan fingerprint density at radius 2 is 2.06 bits per heavy atom. The second-order valence-corrected chi connectivity index (χ2v) is 5.04. The van der Waals surface area contributed by atoms with Crippen LogP contribution in [0, 0.1) is 19.8 Å². The quantitative estimate of drug-likeness (QED) is 0.606. The number of rotatable bonds is 5. The van der Waals surface area contributed by atoms with Gasteiger partial charge in [-0.1, -0.05) is 23.8 Å². The van der Waals surface area contributed by atoms with E-state index in [-0.39, 0.29) is 12.1 Å². The van der Waals surface area contributed by atoms with E-state index in [9.17, 15) is 0 Å². The van der Waals surface area contributed by atoms with E-state index >= 15 is 0 Å². The van der Waals surface area contributed by atoms with Crippen LogP contribution < -0.4 is 11.3 Å². The van der Waals surface area contributed by atoms with Crippen LogP contribution in [-0.2, 0) is 4.74 Å². The van der Waals surface area contributed by atoms with Crippen LogP contribution in [0.25, 0.3) is 0 Å². The first kappa shape index (κ1) is 12.6. The summed E-state index contributed by atoms with van der Waals surface area (Å²) in [6.45, 7) is 4.23. The highest BCUT2D eigenvalue weighted by Crippen LogP contribution is 2.40. The Labute approximate surface area is 103 Å². The second kappa shape index (κ2) is 5.17. The molecule has 1 aromatic carbocycles. The average Bonchev–Trinajstić information content (AvgIpc) is 3.13. The Morgan fingerprint density at radius 3 is 2.59 bits per heavy atom. The highest BCUT2D eigenvalue weighted by atomic mass is 16.5. The molecule has 94 valence electrons. The molecule has 0 heterocycles. The molecule has 2 unspecified atom stereocenters. The van der Waals surface area contributed by atoms with E-state index in [1.165, 1.54) is 29.5 Å². The molecule has 2 atom stereocenters. The van der Waals surface area contributed by atoms with Crippen LogP contribution in [-0.4, -0.2) is 13.2 Å². The summed E-state index contributed by atoms with van der Waals surface area (Å²) in [5, 5.41) is 0. The minimum absolute atomic E-state index is 0.0902. The topological polar surface area (TPSA) is 47.3 Å². The zero-order valence-corrected chi connectivity index (χ0v) is 10.9. The normalized spacial score (nSPS) is 19.1. The van der Waals surface area contributed by atoms with Crippen molar-refractivity contribution in [2.24, 2.45) is 11.8 Å². The zero-order chi connectivity index (χ0) is 12.4. The zero-order valence-electron chi connectivity index (χ0n) is 10.9. The minimum Gasteiger partial charge on any atom is -0.379 e. The highest BCUT2D eigenvalue weighted by molar-refractivity contribution is 5.34. The Morgan fingerprint density at radius 1 is 1.35 bits per heavy atom. The molecule has 3 N–H and O–H groups in total. The molecule has 0 bridgehead atoms. The van der Waals surface area contributed by atoms with Gasteiger partial charge in [-0.3, -0.25) is 11.3 Å². The van der Waals surface area contributed by atoms with Gasteiger partial charge in [0.2, 0.25) is 0 Å². The molecular weight excluding hydrogens is 212 g/mol. The highest BCUT2D eigenvalue weighted by Gasteiger charge is 2.37. The van der Waals surface area contributed by atoms with Gasteiger partial charge in [-0.05, 0) is 43.7 Å². The maximum absolute atomic E-state index is 5.74. The van der Waals surface area contributed by atoms with Crippen LogP contribution in [0.15, 0.2) is 18.2 Å². The van der Waals surface area contributed by atoms with Crippen LogP contribution in [0.5, 0.6) is 0 Å². The summed E-state index contributed by atoms with van der Waals surface area (Å²) in [7, 11) is 1.78. The molecule has 0 spiro atoms. The Kier molecular flexibility index (Phi) is 3.82. The van der Waals surface area contributed by atoms with E-state index in [1.54, 1.807) is 7.11 Å². The Balaban J connectivity index is 2.29. The lowest BCUT2D eigenvalue weighted by molar-refractivity contribution is 0.0505. The lowest BCUT2D eigenvalue weighted by Crippen LogP contribution is -2.39. The maximum atomic E-state index is 5.74. The van der Waals surface area contributed by atoms with Gasteiger partial charge in [-0.25, -0.2) is 0 Å². The molecule has 17 heavy (non-hydrogen) atoms. The van der Waals surface area contributed by atoms with Gasteiger partial charge < -0.3 is 4.74 Å². The van der Waals surface area contributed by atoms with Gasteiger partial charge >= 0.3 is 0 Å². The maximum Gasteiger partial charge on any atom is 0.0807 e. The van der Waals surface area contributed by atoms with E-state index in [1.807, 2.05) is 0 Å². The van der Waals surface area contributed by atoms with Crippen molar-refractivity contribution in [1.29, 1.82) is 0 Å². The Hall–Kier alpha value is -0.900. The molecule has 0 aliphatic heterocycles. The molecule has 1 aliphatic rings. The van der Waals surface area contributed by atoms with Crippen molar-refractivity contribution < 1.29 is 4.74 Å². The molecule has 0 saturated heterocycles. The first-order valence-corrected chi connectivity index (χ1v) is 6.23. The van der Waals surface area contributed by atoms with E-state index < -0.39 is 0 Å². The molecule has 3 nitrogen and oxygen atoms in total. The van der Waals surface area contributed by atoms with Crippen LogP contribution in [0.2, 0.25) is 0 Å². The standard InChI is InChI=1S/C14H22N2O/c1-9-4-5-10(2)12(8-9)13(16-15)14(17-3)11-6-7-11/h4-5,8,11,13-14,16H,6-7,15H2,1-3H3. The van der Waals surface area contributed by atoms with Gasteiger partial charge in [-0.2, -0.15) is 0 Å². The molecule has 1 aliphatic carbocycles. The van der Waals surface area contributed by atoms with Crippen molar-refractivity contribution in [3.63, 3.8) is 0 Å². The number of hydrogen-bond donors (Lipinski definition) is 2. The fraction of sp³-hybridized carbons (Fsp3) is 0.571. The van der Waals surface area contributed by atoms with Gasteiger partial charge in [0.25, 0.3) is 0 Å². The molecule has 1 saturated carbocycles. The molecule has 1 aromatic rings. The number of nitrogens with one attached hydrogen (secondary N) is 1. The van der Waals surface area contributed by atoms with Crippen LogP contribution in [0.1, 0.15) is 35.6 Å². The summed E-state index contributed by atoms with van der Waals surface area (Å²) in [4.78, 5) is 0. The molecule has 0 amide bonds. The van der Waals surface area contributed by atoms with Crippen molar-refractivity contribution in [3.8, 4) is 0 Å². The smallest absolute Gasteiger partial charge is 0.0807 e. The lowest BCUT2D eigenvalue weighted by atomic mass is 9.93. The van der Waals surface area contributed by atoms with E-state index in [0.29, 0.717) is 5.92 Å². The number of methoxy groups -OCH3 is 1. The molecule has 1 fully saturated rings. The summed E-state index contributed by atoms with van der Waals surface area (Å²) in [6, 6.07) is 6.57. The summed E-state index contributed by atoms with van der Waals surface area (Å²) in [5.41, 5.74) is 6.72. The first-order valence-electron chi connectivity index (χ1n) is 6.23. The first-order chi connectivity index (χ1) is 8.17. The molecule has 2 rings (SSSR count). The van der Waals surface area contributed by atoms with Gasteiger partial charge in [-0.15, -0.1) is 0 Å². The SMILES string of the molecule is COC(C1CC1)C(NN)c1cc(C)ccc1C. The van der Waals surface area contributed by atoms with Gasteiger partial charge in [0, 0.05) is 7.11 Å². The molecular formula is C14H22N2O. The van der Waals surface area contributed by atoms with Gasteiger partial charge in [0.05, 0.1) is 12.1 Å². The predicted octanol–water partition coefficient (Wildman–Crippen LogP) is 2.23. The van der Waals surface area contributed by atoms with Crippen molar-refractivity contribution in [1.82, 2.24) is 5.43 Å². The van der Waals surface area contributed by atoms with E-state index in [0.717, 1.165) is 0 Å². The van der Waals surface area contributed by atoms with Crippen LogP contribution >= 0.6 is 0 Å². The number of benzene rings is 1. The van der Waals surface area contributed by atoms with E-state index in [2.05, 4.69) is 37.5 Å².